The predicted molar refractivity (Wildman–Crippen MR) is 103 cm³/mol. The van der Waals surface area contributed by atoms with Crippen molar-refractivity contribution in [3.63, 3.8) is 0 Å². The molecule has 0 aromatic carbocycles. The van der Waals surface area contributed by atoms with Crippen LogP contribution in [0.25, 0.3) is 5.52 Å². The predicted octanol–water partition coefficient (Wildman–Crippen LogP) is 2.38. The van der Waals surface area contributed by atoms with Gasteiger partial charge in [-0.05, 0) is 12.1 Å². The molecule has 2 unspecified atom stereocenters. The van der Waals surface area contributed by atoms with Crippen LogP contribution in [0.1, 0.15) is 51.2 Å². The fourth-order valence-corrected chi connectivity index (χ4v) is 4.01. The standard InChI is InChI=1S/C18H17FN7O2P/c1-9-22-23-17(28-9)18(27)25-6-4-11-14(21-8-20-11)15(25)12-7-13-10(16(19)29)3-2-5-26(13)24-12/h2-3,5,7-8,15-16H,4,6,29H2,1H3,(H,20,21)/t15-,16?/m1/s1. The van der Waals surface area contributed by atoms with Gasteiger partial charge in [-0.25, -0.2) is 13.9 Å². The van der Waals surface area contributed by atoms with Gasteiger partial charge < -0.3 is 14.3 Å². The van der Waals surface area contributed by atoms with Crippen LogP contribution in [0.5, 0.6) is 0 Å². The lowest BCUT2D eigenvalue weighted by Crippen LogP contribution is -2.41. The second kappa shape index (κ2) is 6.73. The highest BCUT2D eigenvalue weighted by Crippen LogP contribution is 2.36. The van der Waals surface area contributed by atoms with E-state index in [0.717, 1.165) is 5.69 Å². The summed E-state index contributed by atoms with van der Waals surface area (Å²) in [5, 5.41) is 12.2. The number of aromatic amines is 1. The molecule has 148 valence electrons. The van der Waals surface area contributed by atoms with Gasteiger partial charge in [0.1, 0.15) is 12.0 Å². The van der Waals surface area contributed by atoms with Crippen molar-refractivity contribution in [2.24, 2.45) is 0 Å². The van der Waals surface area contributed by atoms with E-state index >= 15 is 0 Å². The van der Waals surface area contributed by atoms with Gasteiger partial charge in [0.15, 0.2) is 0 Å². The van der Waals surface area contributed by atoms with Crippen LogP contribution >= 0.6 is 9.24 Å². The molecule has 1 N–H and O–H groups in total. The maximum Gasteiger partial charge on any atom is 0.312 e. The maximum atomic E-state index is 14.0. The fraction of sp³-hybridized carbons (Fsp3) is 0.278. The van der Waals surface area contributed by atoms with Crippen molar-refractivity contribution in [1.29, 1.82) is 0 Å². The number of halogens is 1. The molecule has 9 nitrogen and oxygen atoms in total. The number of aryl methyl sites for hydroxylation is 1. The van der Waals surface area contributed by atoms with Gasteiger partial charge in [-0.15, -0.1) is 10.2 Å². The van der Waals surface area contributed by atoms with Gasteiger partial charge in [-0.2, -0.15) is 5.10 Å². The third-order valence-corrected chi connectivity index (χ3v) is 5.38. The number of carbonyl (C=O) groups is 1. The van der Waals surface area contributed by atoms with E-state index in [1.54, 1.807) is 47.1 Å². The van der Waals surface area contributed by atoms with Crippen molar-refractivity contribution < 1.29 is 13.6 Å². The number of hydrogen-bond acceptors (Lipinski definition) is 6. The van der Waals surface area contributed by atoms with Crippen molar-refractivity contribution in [2.75, 3.05) is 6.54 Å². The van der Waals surface area contributed by atoms with Gasteiger partial charge in [-0.1, -0.05) is 15.3 Å². The maximum absolute atomic E-state index is 14.0. The molecule has 0 aliphatic carbocycles. The SMILES string of the molecule is Cc1nnc(C(=O)N2CCc3[nH]cnc3[C@H]2c2cc3c(C(F)P)cccn3n2)o1. The number of carbonyl (C=O) groups excluding carboxylic acids is 1. The zero-order chi connectivity index (χ0) is 20.1. The lowest BCUT2D eigenvalue weighted by atomic mass is 9.99. The molecule has 1 amide bonds. The van der Waals surface area contributed by atoms with E-state index in [-0.39, 0.29) is 5.89 Å². The molecule has 0 saturated carbocycles. The van der Waals surface area contributed by atoms with Crippen LogP contribution < -0.4 is 0 Å². The Morgan fingerprint density at radius 1 is 1.45 bits per heavy atom. The Morgan fingerprint density at radius 3 is 3.07 bits per heavy atom. The number of rotatable bonds is 3. The van der Waals surface area contributed by atoms with E-state index in [0.29, 0.717) is 41.3 Å². The highest BCUT2D eigenvalue weighted by atomic mass is 31.0. The summed E-state index contributed by atoms with van der Waals surface area (Å²) >= 11 is 0. The van der Waals surface area contributed by atoms with Gasteiger partial charge in [0.25, 0.3) is 0 Å². The number of amides is 1. The van der Waals surface area contributed by atoms with Crippen LogP contribution in [-0.2, 0) is 6.42 Å². The second-order valence-corrected chi connectivity index (χ2v) is 7.39. The van der Waals surface area contributed by atoms with Crippen LogP contribution in [0.3, 0.4) is 0 Å². The summed E-state index contributed by atoms with van der Waals surface area (Å²) < 4.78 is 21.0. The molecule has 0 spiro atoms. The summed E-state index contributed by atoms with van der Waals surface area (Å²) in [5.74, 6) is -1.38. The molecule has 5 heterocycles. The van der Waals surface area contributed by atoms with Crippen LogP contribution in [0.15, 0.2) is 35.1 Å². The molecular weight excluding hydrogens is 396 g/mol. The third-order valence-electron chi connectivity index (χ3n) is 5.03. The Kier molecular flexibility index (Phi) is 4.16. The number of nitrogens with zero attached hydrogens (tertiary/aromatic N) is 6. The highest BCUT2D eigenvalue weighted by molar-refractivity contribution is 7.16. The zero-order valence-corrected chi connectivity index (χ0v) is 16.6. The first-order valence-corrected chi connectivity index (χ1v) is 9.70. The van der Waals surface area contributed by atoms with Crippen molar-refractivity contribution in [1.82, 2.24) is 34.7 Å². The van der Waals surface area contributed by atoms with Crippen molar-refractivity contribution in [3.8, 4) is 0 Å². The number of imidazole rings is 1. The molecule has 4 aromatic rings. The van der Waals surface area contributed by atoms with E-state index in [2.05, 4.69) is 34.5 Å². The molecule has 29 heavy (non-hydrogen) atoms. The van der Waals surface area contributed by atoms with Crippen LogP contribution in [0.2, 0.25) is 0 Å². The number of hydrogen-bond donors (Lipinski definition) is 1. The lowest BCUT2D eigenvalue weighted by molar-refractivity contribution is 0.0644. The van der Waals surface area contributed by atoms with Crippen LogP contribution in [-0.4, -0.2) is 47.1 Å². The lowest BCUT2D eigenvalue weighted by Gasteiger charge is -2.32. The molecule has 3 atom stereocenters. The average Bonchev–Trinajstić information content (AvgIpc) is 3.44. The molecule has 1 aliphatic rings. The minimum atomic E-state index is -1.23. The number of aromatic nitrogens is 6. The van der Waals surface area contributed by atoms with E-state index in [1.165, 1.54) is 0 Å². The van der Waals surface area contributed by atoms with Gasteiger partial charge in [-0.3, -0.25) is 4.79 Å². The average molecular weight is 413 g/mol. The van der Waals surface area contributed by atoms with E-state index < -0.39 is 17.9 Å². The van der Waals surface area contributed by atoms with Crippen LogP contribution in [0.4, 0.5) is 4.39 Å². The zero-order valence-electron chi connectivity index (χ0n) is 15.4. The number of alkyl halides is 1. The fourth-order valence-electron chi connectivity index (χ4n) is 3.72. The molecular formula is C18H17FN7O2P. The summed E-state index contributed by atoms with van der Waals surface area (Å²) in [5.41, 5.74) is 3.36. The first-order chi connectivity index (χ1) is 14.0. The number of pyridine rings is 1. The highest BCUT2D eigenvalue weighted by Gasteiger charge is 2.38. The molecule has 5 rings (SSSR count). The number of nitrogens with one attached hydrogen (secondary N) is 1. The molecule has 1 aliphatic heterocycles. The minimum absolute atomic E-state index is 0.0790. The minimum Gasteiger partial charge on any atom is -0.417 e. The van der Waals surface area contributed by atoms with Gasteiger partial charge in [0.05, 0.1) is 23.2 Å². The second-order valence-electron chi connectivity index (χ2n) is 6.81. The molecule has 0 saturated heterocycles. The summed E-state index contributed by atoms with van der Waals surface area (Å²) in [6, 6.07) is 4.68. The summed E-state index contributed by atoms with van der Waals surface area (Å²) in [7, 11) is 2.15. The van der Waals surface area contributed by atoms with Crippen molar-refractivity contribution in [3.05, 3.63) is 65.1 Å². The summed E-state index contributed by atoms with van der Waals surface area (Å²) in [6.07, 6.45) is 3.96. The van der Waals surface area contributed by atoms with Crippen LogP contribution in [0, 0.1) is 6.92 Å². The Morgan fingerprint density at radius 2 is 2.31 bits per heavy atom. The monoisotopic (exact) mass is 413 g/mol. The number of fused-ring (bicyclic) bond motifs is 2. The summed E-state index contributed by atoms with van der Waals surface area (Å²) in [6.45, 7) is 2.05. The van der Waals surface area contributed by atoms with E-state index in [9.17, 15) is 9.18 Å². The Hall–Kier alpha value is -3.13. The molecule has 0 radical (unpaired) electrons. The first kappa shape index (κ1) is 17.9. The van der Waals surface area contributed by atoms with Crippen molar-refractivity contribution in [2.45, 2.75) is 25.3 Å². The quantitative estimate of drug-likeness (QED) is 0.517. The first-order valence-electron chi connectivity index (χ1n) is 9.04. The Labute approximate surface area is 166 Å². The molecule has 0 bridgehead atoms. The third kappa shape index (κ3) is 2.91. The van der Waals surface area contributed by atoms with E-state index in [1.807, 2.05) is 0 Å². The molecule has 0 fully saturated rings. The van der Waals surface area contributed by atoms with Crippen molar-refractivity contribution >= 4 is 20.7 Å². The largest absolute Gasteiger partial charge is 0.417 e. The normalized spacial score (nSPS) is 17.5. The molecule has 4 aromatic heterocycles. The van der Waals surface area contributed by atoms with Gasteiger partial charge in [0, 0.05) is 37.3 Å². The smallest absolute Gasteiger partial charge is 0.312 e. The number of H-pyrrole nitrogens is 1. The van der Waals surface area contributed by atoms with E-state index in [4.69, 9.17) is 4.42 Å². The topological polar surface area (TPSA) is 105 Å². The molecule has 11 heteroatoms. The van der Waals surface area contributed by atoms with Gasteiger partial charge >= 0.3 is 11.8 Å². The summed E-state index contributed by atoms with van der Waals surface area (Å²) in [4.78, 5) is 22.3. The Bertz CT molecular complexity index is 1210. The van der Waals surface area contributed by atoms with Gasteiger partial charge in [0.2, 0.25) is 5.89 Å². The Balaban J connectivity index is 1.64.